The first kappa shape index (κ1) is 18.9. The molecule has 2 aromatic heterocycles. The van der Waals surface area contributed by atoms with Gasteiger partial charge in [0.2, 0.25) is 0 Å². The minimum absolute atomic E-state index is 0.400. The summed E-state index contributed by atoms with van der Waals surface area (Å²) in [6, 6.07) is 11.2. The molecule has 29 heavy (non-hydrogen) atoms. The third kappa shape index (κ3) is 3.66. The highest BCUT2D eigenvalue weighted by molar-refractivity contribution is 7.13. The van der Waals surface area contributed by atoms with Gasteiger partial charge in [0.05, 0.1) is 23.5 Å². The van der Waals surface area contributed by atoms with Crippen LogP contribution >= 0.6 is 11.3 Å². The zero-order valence-corrected chi connectivity index (χ0v) is 16.9. The monoisotopic (exact) mass is 410 g/mol. The number of aryl methyl sites for hydroxylation is 2. The molecule has 0 radical (unpaired) electrons. The Morgan fingerprint density at radius 2 is 1.93 bits per heavy atom. The van der Waals surface area contributed by atoms with E-state index in [4.69, 9.17) is 13.9 Å². The van der Waals surface area contributed by atoms with Gasteiger partial charge in [-0.2, -0.15) is 0 Å². The number of thiazole rings is 1. The van der Waals surface area contributed by atoms with Crippen LogP contribution in [0.4, 0.5) is 5.69 Å². The van der Waals surface area contributed by atoms with Gasteiger partial charge in [-0.15, -0.1) is 11.3 Å². The molecule has 148 valence electrons. The van der Waals surface area contributed by atoms with Crippen LogP contribution in [0.15, 0.2) is 40.8 Å². The predicted octanol–water partition coefficient (Wildman–Crippen LogP) is 4.46. The summed E-state index contributed by atoms with van der Waals surface area (Å²) < 4.78 is 16.4. The lowest BCUT2D eigenvalue weighted by molar-refractivity contribution is -0.119. The Bertz CT molecular complexity index is 1240. The number of ether oxygens (including phenoxy) is 2. The third-order valence-electron chi connectivity index (χ3n) is 4.40. The number of nitrogens with one attached hydrogen (secondary N) is 1. The molecule has 0 atom stereocenters. The smallest absolute Gasteiger partial charge is 0.350 e. The van der Waals surface area contributed by atoms with Gasteiger partial charge in [-0.05, 0) is 26.0 Å². The number of nitrogens with zero attached hydrogens (tertiary/aromatic N) is 1. The Morgan fingerprint density at radius 3 is 2.66 bits per heavy atom. The van der Waals surface area contributed by atoms with E-state index < -0.39 is 18.5 Å². The van der Waals surface area contributed by atoms with E-state index in [0.717, 1.165) is 21.4 Å². The third-order valence-corrected chi connectivity index (χ3v) is 5.45. The number of anilines is 1. The SMILES string of the molecule is COc1cc2c(cc1NC(=O)COC(=O)c1sc(C)nc1C)oc1ccccc12. The highest BCUT2D eigenvalue weighted by Crippen LogP contribution is 2.36. The fourth-order valence-corrected chi connectivity index (χ4v) is 3.94. The van der Waals surface area contributed by atoms with Gasteiger partial charge in [0.25, 0.3) is 5.91 Å². The number of furan rings is 1. The van der Waals surface area contributed by atoms with E-state index in [1.807, 2.05) is 37.3 Å². The number of carbonyl (C=O) groups is 2. The molecule has 1 amide bonds. The second-order valence-corrected chi connectivity index (χ2v) is 7.62. The van der Waals surface area contributed by atoms with Gasteiger partial charge in [0, 0.05) is 16.8 Å². The molecular formula is C21H18N2O5S. The highest BCUT2D eigenvalue weighted by Gasteiger charge is 2.18. The van der Waals surface area contributed by atoms with Crippen molar-refractivity contribution in [3.05, 3.63) is 52.0 Å². The van der Waals surface area contributed by atoms with Crippen LogP contribution < -0.4 is 10.1 Å². The van der Waals surface area contributed by atoms with Crippen molar-refractivity contribution in [3.8, 4) is 5.75 Å². The van der Waals surface area contributed by atoms with Gasteiger partial charge in [-0.3, -0.25) is 4.79 Å². The van der Waals surface area contributed by atoms with Crippen molar-refractivity contribution in [1.82, 2.24) is 4.98 Å². The molecule has 0 bridgehead atoms. The number of rotatable bonds is 5. The number of hydrogen-bond donors (Lipinski definition) is 1. The maximum Gasteiger partial charge on any atom is 0.350 e. The Labute approximate surface area is 170 Å². The fraction of sp³-hybridized carbons (Fsp3) is 0.190. The van der Waals surface area contributed by atoms with Gasteiger partial charge in [0.15, 0.2) is 6.61 Å². The van der Waals surface area contributed by atoms with E-state index in [1.165, 1.54) is 18.4 Å². The predicted molar refractivity (Wildman–Crippen MR) is 111 cm³/mol. The summed E-state index contributed by atoms with van der Waals surface area (Å²) in [6.07, 6.45) is 0. The number of methoxy groups -OCH3 is 1. The molecule has 1 N–H and O–H groups in total. The minimum Gasteiger partial charge on any atom is -0.495 e. The van der Waals surface area contributed by atoms with Crippen molar-refractivity contribution in [2.75, 3.05) is 19.0 Å². The summed E-state index contributed by atoms with van der Waals surface area (Å²) >= 11 is 1.24. The van der Waals surface area contributed by atoms with Gasteiger partial charge < -0.3 is 19.2 Å². The average Bonchev–Trinajstić information content (AvgIpc) is 3.23. The Morgan fingerprint density at radius 1 is 1.14 bits per heavy atom. The lowest BCUT2D eigenvalue weighted by Crippen LogP contribution is -2.21. The van der Waals surface area contributed by atoms with E-state index in [1.54, 1.807) is 13.0 Å². The van der Waals surface area contributed by atoms with Crippen LogP contribution in [-0.2, 0) is 9.53 Å². The molecule has 7 nitrogen and oxygen atoms in total. The fourth-order valence-electron chi connectivity index (χ4n) is 3.12. The molecule has 2 aromatic carbocycles. The molecule has 0 aliphatic carbocycles. The minimum atomic E-state index is -0.567. The number of fused-ring (bicyclic) bond motifs is 3. The van der Waals surface area contributed by atoms with Gasteiger partial charge in [0.1, 0.15) is 21.8 Å². The Balaban J connectivity index is 1.52. The van der Waals surface area contributed by atoms with E-state index in [9.17, 15) is 9.59 Å². The molecule has 0 saturated carbocycles. The molecule has 0 aliphatic rings. The first-order valence-electron chi connectivity index (χ1n) is 8.86. The maximum atomic E-state index is 12.3. The number of carbonyl (C=O) groups excluding carboxylic acids is 2. The summed E-state index contributed by atoms with van der Waals surface area (Å²) in [7, 11) is 1.52. The molecule has 0 fully saturated rings. The molecule has 0 saturated heterocycles. The molecule has 0 aliphatic heterocycles. The van der Waals surface area contributed by atoms with E-state index in [2.05, 4.69) is 10.3 Å². The van der Waals surface area contributed by atoms with E-state index in [-0.39, 0.29) is 0 Å². The highest BCUT2D eigenvalue weighted by atomic mass is 32.1. The largest absolute Gasteiger partial charge is 0.495 e. The lowest BCUT2D eigenvalue weighted by atomic mass is 10.1. The van der Waals surface area contributed by atoms with Crippen molar-refractivity contribution < 1.29 is 23.5 Å². The molecule has 0 unspecified atom stereocenters. The van der Waals surface area contributed by atoms with Crippen LogP contribution in [0.3, 0.4) is 0 Å². The van der Waals surface area contributed by atoms with E-state index in [0.29, 0.717) is 27.6 Å². The van der Waals surface area contributed by atoms with Crippen molar-refractivity contribution in [2.45, 2.75) is 13.8 Å². The number of benzene rings is 2. The first-order valence-corrected chi connectivity index (χ1v) is 9.68. The van der Waals surface area contributed by atoms with Crippen LogP contribution in [0.1, 0.15) is 20.4 Å². The molecular weight excluding hydrogens is 392 g/mol. The second kappa shape index (κ2) is 7.56. The second-order valence-electron chi connectivity index (χ2n) is 6.42. The van der Waals surface area contributed by atoms with Gasteiger partial charge in [-0.25, -0.2) is 9.78 Å². The summed E-state index contributed by atoms with van der Waals surface area (Å²) in [5.74, 6) is -0.563. The summed E-state index contributed by atoms with van der Waals surface area (Å²) in [4.78, 5) is 29.1. The normalized spacial score (nSPS) is 11.0. The van der Waals surface area contributed by atoms with Crippen LogP contribution in [0.25, 0.3) is 21.9 Å². The maximum absolute atomic E-state index is 12.3. The quantitative estimate of drug-likeness (QED) is 0.489. The van der Waals surface area contributed by atoms with Crippen LogP contribution in [0, 0.1) is 13.8 Å². The van der Waals surface area contributed by atoms with Crippen molar-refractivity contribution in [1.29, 1.82) is 0 Å². The molecule has 0 spiro atoms. The van der Waals surface area contributed by atoms with Crippen molar-refractivity contribution in [2.24, 2.45) is 0 Å². The Hall–Kier alpha value is -3.39. The van der Waals surface area contributed by atoms with Gasteiger partial charge in [-0.1, -0.05) is 18.2 Å². The van der Waals surface area contributed by atoms with Crippen LogP contribution in [0.2, 0.25) is 0 Å². The zero-order chi connectivity index (χ0) is 20.5. The van der Waals surface area contributed by atoms with Gasteiger partial charge >= 0.3 is 5.97 Å². The summed E-state index contributed by atoms with van der Waals surface area (Å²) in [6.45, 7) is 3.12. The van der Waals surface area contributed by atoms with Crippen LogP contribution in [0.5, 0.6) is 5.75 Å². The lowest BCUT2D eigenvalue weighted by Gasteiger charge is -2.10. The van der Waals surface area contributed by atoms with Crippen molar-refractivity contribution in [3.63, 3.8) is 0 Å². The van der Waals surface area contributed by atoms with Crippen LogP contribution in [-0.4, -0.2) is 30.6 Å². The number of hydrogen-bond acceptors (Lipinski definition) is 7. The molecule has 2 heterocycles. The topological polar surface area (TPSA) is 90.7 Å². The zero-order valence-electron chi connectivity index (χ0n) is 16.1. The summed E-state index contributed by atoms with van der Waals surface area (Å²) in [5, 5.41) is 5.33. The number of aromatic nitrogens is 1. The number of para-hydroxylation sites is 1. The first-order chi connectivity index (χ1) is 14.0. The molecule has 4 rings (SSSR count). The number of esters is 1. The molecule has 4 aromatic rings. The average molecular weight is 410 g/mol. The Kier molecular flexibility index (Phi) is 4.94. The molecule has 8 heteroatoms. The van der Waals surface area contributed by atoms with Crippen molar-refractivity contribution >= 4 is 50.8 Å². The number of amides is 1. The standard InChI is InChI=1S/C21H18N2O5S/c1-11-20(29-12(2)22-11)21(25)27-10-19(24)23-15-9-17-14(8-18(15)26-3)13-6-4-5-7-16(13)28-17/h4-9H,10H2,1-3H3,(H,23,24). The summed E-state index contributed by atoms with van der Waals surface area (Å²) in [5.41, 5.74) is 2.40. The van der Waals surface area contributed by atoms with E-state index >= 15 is 0 Å².